The molecule has 1 saturated carbocycles. The van der Waals surface area contributed by atoms with Crippen molar-refractivity contribution in [2.75, 3.05) is 6.54 Å². The lowest BCUT2D eigenvalue weighted by Gasteiger charge is -2.25. The van der Waals surface area contributed by atoms with Crippen molar-refractivity contribution < 1.29 is 0 Å². The summed E-state index contributed by atoms with van der Waals surface area (Å²) in [7, 11) is 0. The molecule has 0 spiro atoms. The first-order chi connectivity index (χ1) is 8.46. The molecule has 18 heavy (non-hydrogen) atoms. The van der Waals surface area contributed by atoms with Crippen molar-refractivity contribution in [2.45, 2.75) is 45.6 Å². The van der Waals surface area contributed by atoms with Gasteiger partial charge in [-0.25, -0.2) is 0 Å². The maximum Gasteiger partial charge on any atom is 0.0208 e. The number of halogens is 2. The molecule has 0 heterocycles. The largest absolute Gasteiger partial charge is 0.313 e. The van der Waals surface area contributed by atoms with Crippen LogP contribution in [0.5, 0.6) is 0 Å². The van der Waals surface area contributed by atoms with Gasteiger partial charge >= 0.3 is 0 Å². The van der Waals surface area contributed by atoms with E-state index >= 15 is 0 Å². The van der Waals surface area contributed by atoms with Crippen LogP contribution >= 0.6 is 31.9 Å². The fourth-order valence-corrected chi connectivity index (χ4v) is 2.86. The maximum absolute atomic E-state index is 3.64. The summed E-state index contributed by atoms with van der Waals surface area (Å²) in [6.07, 6.45) is 5.07. The number of benzene rings is 1. The third-order valence-corrected chi connectivity index (χ3v) is 4.79. The predicted molar refractivity (Wildman–Crippen MR) is 85.0 cm³/mol. The number of hydrogen-bond acceptors (Lipinski definition) is 1. The molecule has 1 fully saturated rings. The molecule has 3 heteroatoms. The second kappa shape index (κ2) is 6.06. The molecular formula is C15H21Br2N. The second-order valence-electron chi connectivity index (χ2n) is 6.06. The van der Waals surface area contributed by atoms with Gasteiger partial charge in [-0.2, -0.15) is 0 Å². The third kappa shape index (κ3) is 4.67. The Morgan fingerprint density at radius 2 is 2.00 bits per heavy atom. The summed E-state index contributed by atoms with van der Waals surface area (Å²) >= 11 is 7.18. The van der Waals surface area contributed by atoms with E-state index in [0.29, 0.717) is 5.41 Å². The maximum atomic E-state index is 3.64. The van der Waals surface area contributed by atoms with Crippen molar-refractivity contribution in [3.63, 3.8) is 0 Å². The minimum absolute atomic E-state index is 0.365. The highest BCUT2D eigenvalue weighted by molar-refractivity contribution is 9.11. The van der Waals surface area contributed by atoms with Crippen LogP contribution in [0.2, 0.25) is 0 Å². The minimum Gasteiger partial charge on any atom is -0.313 e. The first-order valence-electron chi connectivity index (χ1n) is 6.64. The summed E-state index contributed by atoms with van der Waals surface area (Å²) in [6.45, 7) is 5.84. The molecule has 0 atom stereocenters. The normalized spacial score (nSPS) is 16.0. The van der Waals surface area contributed by atoms with E-state index in [4.69, 9.17) is 0 Å². The van der Waals surface area contributed by atoms with Crippen molar-refractivity contribution in [2.24, 2.45) is 5.41 Å². The van der Waals surface area contributed by atoms with Gasteiger partial charge in [-0.1, -0.05) is 45.7 Å². The molecule has 0 amide bonds. The van der Waals surface area contributed by atoms with Crippen LogP contribution in [0.4, 0.5) is 0 Å². The quantitative estimate of drug-likeness (QED) is 0.744. The highest BCUT2D eigenvalue weighted by atomic mass is 79.9. The van der Waals surface area contributed by atoms with Crippen molar-refractivity contribution >= 4 is 31.9 Å². The summed E-state index contributed by atoms with van der Waals surface area (Å²) in [4.78, 5) is 0. The van der Waals surface area contributed by atoms with Crippen molar-refractivity contribution in [1.29, 1.82) is 0 Å². The van der Waals surface area contributed by atoms with Crippen LogP contribution in [0.3, 0.4) is 0 Å². The summed E-state index contributed by atoms with van der Waals surface area (Å²) in [5, 5.41) is 3.64. The third-order valence-electron chi connectivity index (χ3n) is 3.53. The van der Waals surface area contributed by atoms with Gasteiger partial charge in [-0.15, -0.1) is 0 Å². The molecule has 0 unspecified atom stereocenters. The summed E-state index contributed by atoms with van der Waals surface area (Å²) in [5.41, 5.74) is 1.76. The van der Waals surface area contributed by atoms with Gasteiger partial charge in [0.05, 0.1) is 0 Å². The Balaban J connectivity index is 1.86. The van der Waals surface area contributed by atoms with E-state index in [2.05, 4.69) is 69.2 Å². The minimum atomic E-state index is 0.365. The van der Waals surface area contributed by atoms with Crippen LogP contribution in [-0.4, -0.2) is 12.6 Å². The van der Waals surface area contributed by atoms with E-state index in [-0.39, 0.29) is 0 Å². The molecule has 0 saturated heterocycles. The van der Waals surface area contributed by atoms with E-state index in [9.17, 15) is 0 Å². The topological polar surface area (TPSA) is 12.0 Å². The van der Waals surface area contributed by atoms with Crippen molar-refractivity contribution in [3.8, 4) is 0 Å². The Kier molecular flexibility index (Phi) is 4.90. The number of aryl methyl sites for hydroxylation is 1. The van der Waals surface area contributed by atoms with Crippen LogP contribution in [0.15, 0.2) is 27.1 Å². The van der Waals surface area contributed by atoms with E-state index in [0.717, 1.165) is 23.5 Å². The van der Waals surface area contributed by atoms with Gasteiger partial charge < -0.3 is 5.32 Å². The highest BCUT2D eigenvalue weighted by Crippen LogP contribution is 2.28. The average molecular weight is 375 g/mol. The van der Waals surface area contributed by atoms with Crippen LogP contribution in [0, 0.1) is 5.41 Å². The molecule has 1 nitrogen and oxygen atoms in total. The summed E-state index contributed by atoms with van der Waals surface area (Å²) in [6, 6.07) is 7.22. The molecule has 0 aliphatic heterocycles. The zero-order chi connectivity index (χ0) is 13.2. The van der Waals surface area contributed by atoms with Gasteiger partial charge in [-0.05, 0) is 54.9 Å². The second-order valence-corrected chi connectivity index (χ2v) is 7.83. The fourth-order valence-electron chi connectivity index (χ4n) is 2.00. The number of nitrogens with one attached hydrogen (secondary N) is 1. The molecule has 0 bridgehead atoms. The molecule has 2 rings (SSSR count). The first-order valence-corrected chi connectivity index (χ1v) is 8.22. The highest BCUT2D eigenvalue weighted by Gasteiger charge is 2.25. The molecule has 0 radical (unpaired) electrons. The Labute approximate surface area is 127 Å². The molecule has 100 valence electrons. The van der Waals surface area contributed by atoms with Gasteiger partial charge in [0.2, 0.25) is 0 Å². The zero-order valence-corrected chi connectivity index (χ0v) is 14.3. The Hall–Kier alpha value is 0.140. The Morgan fingerprint density at radius 1 is 1.28 bits per heavy atom. The van der Waals surface area contributed by atoms with Crippen LogP contribution in [0.25, 0.3) is 0 Å². The van der Waals surface area contributed by atoms with Crippen LogP contribution < -0.4 is 5.32 Å². The van der Waals surface area contributed by atoms with Crippen molar-refractivity contribution in [3.05, 3.63) is 32.7 Å². The average Bonchev–Trinajstić information content (AvgIpc) is 3.12. The Morgan fingerprint density at radius 3 is 2.67 bits per heavy atom. The van der Waals surface area contributed by atoms with Crippen molar-refractivity contribution in [1.82, 2.24) is 5.32 Å². The van der Waals surface area contributed by atoms with Gasteiger partial charge in [0, 0.05) is 21.5 Å². The molecule has 1 aromatic carbocycles. The van der Waals surface area contributed by atoms with Crippen LogP contribution in [0.1, 0.15) is 38.7 Å². The smallest absolute Gasteiger partial charge is 0.0208 e. The first kappa shape index (κ1) is 14.5. The molecule has 0 aromatic heterocycles. The Bertz CT molecular complexity index is 411. The van der Waals surface area contributed by atoms with Gasteiger partial charge in [0.15, 0.2) is 0 Å². The molecule has 1 N–H and O–H groups in total. The lowest BCUT2D eigenvalue weighted by molar-refractivity contribution is 0.313. The standard InChI is InChI=1S/C15H21Br2N/c1-15(2,10-18-13-4-5-13)8-7-11-9-12(16)3-6-14(11)17/h3,6,9,13,18H,4-5,7-8,10H2,1-2H3. The lowest BCUT2D eigenvalue weighted by atomic mass is 9.86. The predicted octanol–water partition coefficient (Wildman–Crippen LogP) is 4.92. The summed E-state index contributed by atoms with van der Waals surface area (Å²) in [5.74, 6) is 0. The SMILES string of the molecule is CC(C)(CCc1cc(Br)ccc1Br)CNC1CC1. The van der Waals surface area contributed by atoms with Gasteiger partial charge in [0.1, 0.15) is 0 Å². The molecular weight excluding hydrogens is 354 g/mol. The molecule has 1 aliphatic rings. The van der Waals surface area contributed by atoms with E-state index in [1.54, 1.807) is 0 Å². The monoisotopic (exact) mass is 373 g/mol. The van der Waals surface area contributed by atoms with Gasteiger partial charge in [-0.3, -0.25) is 0 Å². The zero-order valence-electron chi connectivity index (χ0n) is 11.1. The molecule has 1 aliphatic carbocycles. The number of hydrogen-bond donors (Lipinski definition) is 1. The summed E-state index contributed by atoms with van der Waals surface area (Å²) < 4.78 is 2.38. The van der Waals surface area contributed by atoms with Gasteiger partial charge in [0.25, 0.3) is 0 Å². The number of rotatable bonds is 6. The van der Waals surface area contributed by atoms with E-state index in [1.807, 2.05) is 0 Å². The van der Waals surface area contributed by atoms with E-state index < -0.39 is 0 Å². The lowest BCUT2D eigenvalue weighted by Crippen LogP contribution is -2.31. The fraction of sp³-hybridized carbons (Fsp3) is 0.600. The van der Waals surface area contributed by atoms with E-state index in [1.165, 1.54) is 29.3 Å². The molecule has 1 aromatic rings. The van der Waals surface area contributed by atoms with Crippen LogP contribution in [-0.2, 0) is 6.42 Å².